The topological polar surface area (TPSA) is 37.0 Å². The molecule has 0 aliphatic rings. The first-order chi connectivity index (χ1) is 3.27. The molecular weight excluding hydrogens is 92.1 g/mol. The van der Waals surface area contributed by atoms with Crippen molar-refractivity contribution in [1.82, 2.24) is 0 Å². The van der Waals surface area contributed by atoms with Gasteiger partial charge in [-0.1, -0.05) is 0 Å². The van der Waals surface area contributed by atoms with Gasteiger partial charge in [-0.3, -0.25) is 0 Å². The van der Waals surface area contributed by atoms with Crippen molar-refractivity contribution < 1.29 is 9.90 Å². The highest BCUT2D eigenvalue weighted by molar-refractivity contribution is 5.86. The molecule has 0 aliphatic heterocycles. The zero-order valence-electron chi connectivity index (χ0n) is 3.39. The van der Waals surface area contributed by atoms with Gasteiger partial charge in [0.25, 0.3) is 0 Å². The molecule has 0 bridgehead atoms. The third-order valence-corrected chi connectivity index (χ3v) is 0.237. The fraction of sp³-hybridized carbons (Fsp3) is 0. The molecular formula is C5HO2. The van der Waals surface area contributed by atoms with Crippen molar-refractivity contribution in [2.45, 2.75) is 0 Å². The molecule has 2 heteroatoms. The van der Waals surface area contributed by atoms with Gasteiger partial charge in [-0.05, 0) is 11.8 Å². The average molecular weight is 93.1 g/mol. The molecule has 0 unspecified atom stereocenters. The summed E-state index contributed by atoms with van der Waals surface area (Å²) in [4.78, 5) is 9.38. The summed E-state index contributed by atoms with van der Waals surface area (Å²) >= 11 is 0. The van der Waals surface area contributed by atoms with Crippen LogP contribution in [0.4, 0.5) is 0 Å². The quantitative estimate of drug-likeness (QED) is 0.375. The first-order valence-electron chi connectivity index (χ1n) is 1.45. The average Bonchev–Trinajstić information content (AvgIpc) is 1.61. The molecule has 0 atom stereocenters. The summed E-state index contributed by atoms with van der Waals surface area (Å²) in [5, 5.41) is 9.38. The van der Waals surface area contributed by atoms with E-state index in [0.29, 0.717) is 0 Å². The van der Waals surface area contributed by atoms with Crippen LogP contribution in [0, 0.1) is 24.2 Å². The lowest BCUT2D eigenvalue weighted by Crippen LogP contribution is -1.82. The van der Waals surface area contributed by atoms with Crippen molar-refractivity contribution in [3.05, 3.63) is 0 Å². The molecule has 0 rings (SSSR count). The molecule has 0 saturated heterocycles. The maximum atomic E-state index is 9.38. The zero-order chi connectivity index (χ0) is 5.70. The summed E-state index contributed by atoms with van der Waals surface area (Å²) in [6.45, 7) is 0. The normalized spacial score (nSPS) is 5.00. The Morgan fingerprint density at radius 1 is 1.57 bits per heavy atom. The van der Waals surface area contributed by atoms with E-state index in [1.54, 1.807) is 5.92 Å². The van der Waals surface area contributed by atoms with Crippen molar-refractivity contribution in [1.29, 1.82) is 0 Å². The van der Waals surface area contributed by atoms with Crippen molar-refractivity contribution in [3.63, 3.8) is 0 Å². The summed E-state index contributed by atoms with van der Waals surface area (Å²) < 4.78 is 0. The first-order valence-corrected chi connectivity index (χ1v) is 1.45. The summed E-state index contributed by atoms with van der Waals surface area (Å²) in [7, 11) is 0. The van der Waals surface area contributed by atoms with E-state index in [1.165, 1.54) is 0 Å². The third-order valence-electron chi connectivity index (χ3n) is 0.237. The van der Waals surface area contributed by atoms with Gasteiger partial charge in [0.1, 0.15) is 0 Å². The van der Waals surface area contributed by atoms with Crippen LogP contribution in [0.25, 0.3) is 0 Å². The minimum Gasteiger partial charge on any atom is -0.231 e. The number of rotatable bonds is 0. The lowest BCUT2D eigenvalue weighted by atomic mass is 10.6. The Labute approximate surface area is 41.2 Å². The molecule has 0 spiro atoms. The Bertz CT molecular complexity index is 163. The number of terminal acetylenes is 1. The maximum absolute atomic E-state index is 9.38. The van der Waals surface area contributed by atoms with Crippen LogP contribution in [0.3, 0.4) is 0 Å². The second-order valence-electron chi connectivity index (χ2n) is 0.682. The summed E-state index contributed by atoms with van der Waals surface area (Å²) in [5.41, 5.74) is 0. The standard InChI is InChI=1S/C5HO2/c1-2-3-4-5(6)7/h1H. The minimum absolute atomic E-state index is 1.45. The molecule has 0 aromatic carbocycles. The van der Waals surface area contributed by atoms with E-state index in [-0.39, 0.29) is 0 Å². The first kappa shape index (κ1) is 5.59. The largest absolute Gasteiger partial charge is 0.430 e. The highest BCUT2D eigenvalue weighted by Crippen LogP contribution is 1.54. The van der Waals surface area contributed by atoms with Crippen molar-refractivity contribution in [3.8, 4) is 24.2 Å². The second-order valence-corrected chi connectivity index (χ2v) is 0.682. The van der Waals surface area contributed by atoms with Crippen molar-refractivity contribution in [2.24, 2.45) is 0 Å². The lowest BCUT2D eigenvalue weighted by molar-refractivity contribution is -0.136. The number of hydrogen-bond acceptors (Lipinski definition) is 1. The van der Waals surface area contributed by atoms with Gasteiger partial charge in [0.05, 0.1) is 0 Å². The Hall–Kier alpha value is -1.41. The Balaban J connectivity index is 3.74. The number of hydrogen-bond donors (Lipinski definition) is 0. The van der Waals surface area contributed by atoms with Crippen molar-refractivity contribution in [2.75, 3.05) is 0 Å². The van der Waals surface area contributed by atoms with Crippen LogP contribution >= 0.6 is 0 Å². The molecule has 33 valence electrons. The van der Waals surface area contributed by atoms with Crippen LogP contribution in [0.15, 0.2) is 0 Å². The smallest absolute Gasteiger partial charge is 0.231 e. The number of carbonyl (C=O) groups excluding carboxylic acids is 1. The Kier molecular flexibility index (Phi) is 2.24. The van der Waals surface area contributed by atoms with E-state index < -0.39 is 5.97 Å². The van der Waals surface area contributed by atoms with Gasteiger partial charge in [0, 0.05) is 5.92 Å². The Morgan fingerprint density at radius 2 is 2.14 bits per heavy atom. The lowest BCUT2D eigenvalue weighted by Gasteiger charge is -1.56. The monoisotopic (exact) mass is 93.0 g/mol. The Morgan fingerprint density at radius 3 is 2.29 bits per heavy atom. The van der Waals surface area contributed by atoms with Gasteiger partial charge in [0.15, 0.2) is 0 Å². The van der Waals surface area contributed by atoms with E-state index in [0.717, 1.165) is 0 Å². The van der Waals surface area contributed by atoms with Crippen LogP contribution in [0.2, 0.25) is 0 Å². The summed E-state index contributed by atoms with van der Waals surface area (Å²) in [5.74, 6) is 3.85. The van der Waals surface area contributed by atoms with E-state index in [9.17, 15) is 9.90 Å². The van der Waals surface area contributed by atoms with Gasteiger partial charge in [-0.15, -0.1) is 6.42 Å². The van der Waals surface area contributed by atoms with Crippen LogP contribution in [-0.2, 0) is 9.90 Å². The van der Waals surface area contributed by atoms with Crippen LogP contribution < -0.4 is 0 Å². The van der Waals surface area contributed by atoms with Crippen LogP contribution in [0.5, 0.6) is 0 Å². The SMILES string of the molecule is C#CC#CC([O])=O. The fourth-order valence-corrected chi connectivity index (χ4v) is 0.0871. The fourth-order valence-electron chi connectivity index (χ4n) is 0.0871. The molecule has 0 saturated carbocycles. The molecule has 0 aromatic heterocycles. The van der Waals surface area contributed by atoms with E-state index in [4.69, 9.17) is 0 Å². The second kappa shape index (κ2) is 2.81. The highest BCUT2D eigenvalue weighted by Gasteiger charge is 1.82. The molecule has 2 nitrogen and oxygen atoms in total. The van der Waals surface area contributed by atoms with Gasteiger partial charge in [0.2, 0.25) is 0 Å². The van der Waals surface area contributed by atoms with Crippen LogP contribution in [0.1, 0.15) is 0 Å². The highest BCUT2D eigenvalue weighted by atomic mass is 16.4. The van der Waals surface area contributed by atoms with E-state index in [2.05, 4.69) is 6.42 Å². The summed E-state index contributed by atoms with van der Waals surface area (Å²) in [6, 6.07) is 0. The number of carbonyl (C=O) groups is 1. The molecule has 0 N–H and O–H groups in total. The van der Waals surface area contributed by atoms with Gasteiger partial charge in [-0.25, -0.2) is 9.90 Å². The molecule has 0 aliphatic carbocycles. The van der Waals surface area contributed by atoms with E-state index >= 15 is 0 Å². The van der Waals surface area contributed by atoms with Gasteiger partial charge < -0.3 is 0 Å². The zero-order valence-corrected chi connectivity index (χ0v) is 3.39. The molecule has 0 aromatic rings. The third kappa shape index (κ3) is 4.59. The molecule has 0 fully saturated rings. The molecule has 1 radical (unpaired) electrons. The molecule has 7 heavy (non-hydrogen) atoms. The predicted octanol–water partition coefficient (Wildman–Crippen LogP) is -0.420. The van der Waals surface area contributed by atoms with Gasteiger partial charge in [-0.2, -0.15) is 0 Å². The van der Waals surface area contributed by atoms with Crippen LogP contribution in [-0.4, -0.2) is 5.97 Å². The van der Waals surface area contributed by atoms with Gasteiger partial charge >= 0.3 is 5.97 Å². The van der Waals surface area contributed by atoms with Crippen molar-refractivity contribution >= 4 is 5.97 Å². The molecule has 0 heterocycles. The minimum atomic E-state index is -1.45. The van der Waals surface area contributed by atoms with E-state index in [1.807, 2.05) is 11.8 Å². The summed E-state index contributed by atoms with van der Waals surface area (Å²) in [6.07, 6.45) is 4.56. The predicted molar refractivity (Wildman–Crippen MR) is 22.3 cm³/mol. The maximum Gasteiger partial charge on any atom is 0.430 e. The molecule has 0 amide bonds.